The van der Waals surface area contributed by atoms with Crippen molar-refractivity contribution in [2.24, 2.45) is 11.7 Å². The molecule has 0 radical (unpaired) electrons. The molecule has 3 aromatic carbocycles. The molecule has 4 aromatic rings. The summed E-state index contributed by atoms with van der Waals surface area (Å²) in [6, 6.07) is 29.7. The highest BCUT2D eigenvalue weighted by Crippen LogP contribution is 2.32. The number of hydrogen-bond acceptors (Lipinski definition) is 3. The maximum atomic E-state index is 13.6. The Morgan fingerprint density at radius 2 is 1.50 bits per heavy atom. The summed E-state index contributed by atoms with van der Waals surface area (Å²) in [7, 11) is 0. The predicted octanol–water partition coefficient (Wildman–Crippen LogP) is 5.40. The first-order valence-corrected chi connectivity index (χ1v) is 11.8. The molecule has 1 heterocycles. The van der Waals surface area contributed by atoms with E-state index in [1.165, 1.54) is 5.56 Å². The Morgan fingerprint density at radius 3 is 2.09 bits per heavy atom. The van der Waals surface area contributed by atoms with Crippen LogP contribution in [-0.4, -0.2) is 33.4 Å². The number of imidazole rings is 1. The Bertz CT molecular complexity index is 1190. The molecule has 1 aromatic heterocycles. The van der Waals surface area contributed by atoms with Crippen LogP contribution >= 0.6 is 0 Å². The third kappa shape index (κ3) is 5.26. The molecular formula is C29H32N4O. The number of hydrogen-bond donors (Lipinski definition) is 1. The van der Waals surface area contributed by atoms with Gasteiger partial charge < -0.3 is 15.2 Å². The Kier molecular flexibility index (Phi) is 7.55. The van der Waals surface area contributed by atoms with E-state index in [2.05, 4.69) is 48.9 Å². The van der Waals surface area contributed by atoms with E-state index >= 15 is 0 Å². The number of carbonyl (C=O) groups excluding carboxylic acids is 1. The maximum Gasteiger partial charge on any atom is 0.254 e. The van der Waals surface area contributed by atoms with E-state index in [4.69, 9.17) is 10.7 Å². The average molecular weight is 453 g/mol. The van der Waals surface area contributed by atoms with E-state index in [1.807, 2.05) is 71.6 Å². The summed E-state index contributed by atoms with van der Waals surface area (Å²) in [4.78, 5) is 20.6. The molecule has 4 rings (SSSR count). The smallest absolute Gasteiger partial charge is 0.254 e. The fourth-order valence-corrected chi connectivity index (χ4v) is 4.37. The zero-order valence-corrected chi connectivity index (χ0v) is 19.8. The van der Waals surface area contributed by atoms with Gasteiger partial charge in [-0.25, -0.2) is 4.98 Å². The second kappa shape index (κ2) is 10.9. The van der Waals surface area contributed by atoms with Crippen molar-refractivity contribution in [2.45, 2.75) is 26.4 Å². The van der Waals surface area contributed by atoms with E-state index in [0.29, 0.717) is 25.2 Å². The lowest BCUT2D eigenvalue weighted by Gasteiger charge is -2.34. The van der Waals surface area contributed by atoms with Crippen LogP contribution < -0.4 is 5.73 Å². The number of nitrogens with two attached hydrogens (primary N) is 1. The molecule has 0 bridgehead atoms. The second-order valence-corrected chi connectivity index (χ2v) is 8.81. The third-order valence-electron chi connectivity index (χ3n) is 5.96. The van der Waals surface area contributed by atoms with Gasteiger partial charge in [0.15, 0.2) is 0 Å². The van der Waals surface area contributed by atoms with E-state index in [0.717, 1.165) is 17.1 Å². The van der Waals surface area contributed by atoms with Crippen molar-refractivity contribution in [3.63, 3.8) is 0 Å². The highest BCUT2D eigenvalue weighted by molar-refractivity contribution is 5.94. The Balaban J connectivity index is 1.81. The monoisotopic (exact) mass is 452 g/mol. The van der Waals surface area contributed by atoms with Crippen LogP contribution in [0.15, 0.2) is 97.2 Å². The van der Waals surface area contributed by atoms with Gasteiger partial charge in [0.05, 0.1) is 11.7 Å². The van der Waals surface area contributed by atoms with E-state index in [-0.39, 0.29) is 17.9 Å². The molecule has 5 nitrogen and oxygen atoms in total. The van der Waals surface area contributed by atoms with Crippen LogP contribution in [0.3, 0.4) is 0 Å². The maximum absolute atomic E-state index is 13.6. The van der Waals surface area contributed by atoms with Crippen LogP contribution in [0.1, 0.15) is 41.6 Å². The van der Waals surface area contributed by atoms with Gasteiger partial charge in [0.25, 0.3) is 5.91 Å². The molecule has 0 saturated heterocycles. The molecule has 0 saturated carbocycles. The van der Waals surface area contributed by atoms with Gasteiger partial charge in [0.1, 0.15) is 5.82 Å². The van der Waals surface area contributed by atoms with Gasteiger partial charge in [-0.1, -0.05) is 92.7 Å². The van der Waals surface area contributed by atoms with Crippen LogP contribution in [0.4, 0.5) is 0 Å². The van der Waals surface area contributed by atoms with Crippen LogP contribution in [-0.2, 0) is 6.54 Å². The molecule has 0 unspecified atom stereocenters. The quantitative estimate of drug-likeness (QED) is 0.370. The Hall–Kier alpha value is -3.70. The largest absolute Gasteiger partial charge is 0.329 e. The zero-order chi connectivity index (χ0) is 23.9. The number of nitrogens with zero attached hydrogens (tertiary/aromatic N) is 3. The first-order valence-electron chi connectivity index (χ1n) is 11.8. The third-order valence-corrected chi connectivity index (χ3v) is 5.96. The Morgan fingerprint density at radius 1 is 0.912 bits per heavy atom. The van der Waals surface area contributed by atoms with Crippen LogP contribution in [0.2, 0.25) is 0 Å². The van der Waals surface area contributed by atoms with Gasteiger partial charge in [-0.05, 0) is 23.6 Å². The molecule has 0 aliphatic carbocycles. The fraction of sp³-hybridized carbons (Fsp3) is 0.241. The van der Waals surface area contributed by atoms with E-state index in [1.54, 1.807) is 0 Å². The molecule has 34 heavy (non-hydrogen) atoms. The van der Waals surface area contributed by atoms with Crippen LogP contribution in [0, 0.1) is 5.92 Å². The van der Waals surface area contributed by atoms with Crippen molar-refractivity contribution in [1.29, 1.82) is 0 Å². The number of rotatable bonds is 9. The van der Waals surface area contributed by atoms with Gasteiger partial charge in [-0.2, -0.15) is 0 Å². The van der Waals surface area contributed by atoms with Crippen molar-refractivity contribution in [3.8, 4) is 11.3 Å². The highest BCUT2D eigenvalue weighted by Gasteiger charge is 2.32. The molecule has 5 heteroatoms. The van der Waals surface area contributed by atoms with Gasteiger partial charge in [0, 0.05) is 37.0 Å². The molecule has 0 spiro atoms. The minimum absolute atomic E-state index is 0.0275. The molecule has 174 valence electrons. The lowest BCUT2D eigenvalue weighted by Crippen LogP contribution is -2.41. The fourth-order valence-electron chi connectivity index (χ4n) is 4.37. The lowest BCUT2D eigenvalue weighted by molar-refractivity contribution is 0.0614. The first-order chi connectivity index (χ1) is 16.6. The number of benzene rings is 3. The first kappa shape index (κ1) is 23.5. The summed E-state index contributed by atoms with van der Waals surface area (Å²) in [5.41, 5.74) is 9.79. The average Bonchev–Trinajstić information content (AvgIpc) is 3.28. The topological polar surface area (TPSA) is 64.2 Å². The standard InChI is InChI=1S/C29H32N4O/c1-22(2)27(33(19-18-30)29(34)25-16-10-5-11-17-25)28-31-26(24-14-8-4-9-15-24)21-32(28)20-23-12-6-3-7-13-23/h3-17,21-22,27H,18-20,30H2,1-2H3/t27-/m1/s1. The van der Waals surface area contributed by atoms with Gasteiger partial charge in [-0.15, -0.1) is 0 Å². The minimum Gasteiger partial charge on any atom is -0.329 e. The van der Waals surface area contributed by atoms with Crippen molar-refractivity contribution < 1.29 is 4.79 Å². The zero-order valence-electron chi connectivity index (χ0n) is 19.8. The predicted molar refractivity (Wildman–Crippen MR) is 137 cm³/mol. The van der Waals surface area contributed by atoms with E-state index in [9.17, 15) is 4.79 Å². The van der Waals surface area contributed by atoms with Crippen molar-refractivity contribution >= 4 is 5.91 Å². The van der Waals surface area contributed by atoms with Gasteiger partial charge in [0.2, 0.25) is 0 Å². The summed E-state index contributed by atoms with van der Waals surface area (Å²) in [6.07, 6.45) is 2.10. The SMILES string of the molecule is CC(C)[C@H](c1nc(-c2ccccc2)cn1Cc1ccccc1)N(CCN)C(=O)c1ccccc1. The molecule has 0 aliphatic rings. The van der Waals surface area contributed by atoms with Crippen LogP contribution in [0.25, 0.3) is 11.3 Å². The molecule has 1 amide bonds. The summed E-state index contributed by atoms with van der Waals surface area (Å²) >= 11 is 0. The molecule has 0 aliphatic heterocycles. The number of aromatic nitrogens is 2. The molecule has 1 atom stereocenters. The second-order valence-electron chi connectivity index (χ2n) is 8.81. The normalized spacial score (nSPS) is 12.0. The van der Waals surface area contributed by atoms with Crippen molar-refractivity contribution in [2.75, 3.05) is 13.1 Å². The van der Waals surface area contributed by atoms with Gasteiger partial charge >= 0.3 is 0 Å². The van der Waals surface area contributed by atoms with Gasteiger partial charge in [-0.3, -0.25) is 4.79 Å². The summed E-state index contributed by atoms with van der Waals surface area (Å²) in [6.45, 7) is 5.78. The van der Waals surface area contributed by atoms with Crippen molar-refractivity contribution in [3.05, 3.63) is 114 Å². The number of carbonyl (C=O) groups is 1. The van der Waals surface area contributed by atoms with Crippen LogP contribution in [0.5, 0.6) is 0 Å². The summed E-state index contributed by atoms with van der Waals surface area (Å²) in [5.74, 6) is 0.982. The summed E-state index contributed by atoms with van der Waals surface area (Å²) in [5, 5.41) is 0. The molecule has 2 N–H and O–H groups in total. The minimum atomic E-state index is -0.225. The van der Waals surface area contributed by atoms with Crippen molar-refractivity contribution in [1.82, 2.24) is 14.5 Å². The highest BCUT2D eigenvalue weighted by atomic mass is 16.2. The lowest BCUT2D eigenvalue weighted by atomic mass is 9.99. The summed E-state index contributed by atoms with van der Waals surface area (Å²) < 4.78 is 2.18. The number of amides is 1. The Labute approximate surface area is 201 Å². The molecular weight excluding hydrogens is 420 g/mol. The molecule has 0 fully saturated rings. The van der Waals surface area contributed by atoms with E-state index < -0.39 is 0 Å².